The minimum atomic E-state index is -4.45. The van der Waals surface area contributed by atoms with Crippen LogP contribution in [0.25, 0.3) is 0 Å². The molecule has 0 saturated heterocycles. The Bertz CT molecular complexity index is 1100. The van der Waals surface area contributed by atoms with Crippen LogP contribution < -0.4 is 10.9 Å². The molecule has 0 aliphatic heterocycles. The van der Waals surface area contributed by atoms with Gasteiger partial charge in [0.15, 0.2) is 0 Å². The number of halogens is 3. The number of alkyl halides is 3. The molecule has 1 atom stereocenters. The maximum absolute atomic E-state index is 12.9. The number of hydrogen-bond donors (Lipinski definition) is 2. The molecule has 1 aliphatic rings. The maximum atomic E-state index is 12.9. The number of rotatable bonds is 5. The number of carbonyl (C=O) groups excluding carboxylic acids is 1. The van der Waals surface area contributed by atoms with E-state index in [1.165, 1.54) is 12.1 Å². The van der Waals surface area contributed by atoms with E-state index in [2.05, 4.69) is 15.3 Å². The molecule has 1 unspecified atom stereocenters. The second kappa shape index (κ2) is 7.78. The van der Waals surface area contributed by atoms with Gasteiger partial charge >= 0.3 is 6.18 Å². The summed E-state index contributed by atoms with van der Waals surface area (Å²) in [5.41, 5.74) is -0.0290. The lowest BCUT2D eigenvalue weighted by Crippen LogP contribution is -2.31. The summed E-state index contributed by atoms with van der Waals surface area (Å²) in [6, 6.07) is 13.9. The van der Waals surface area contributed by atoms with Gasteiger partial charge in [-0.05, 0) is 36.1 Å². The molecule has 1 aromatic heterocycles. The smallest absolute Gasteiger partial charge is 0.340 e. The molecule has 0 radical (unpaired) electrons. The lowest BCUT2D eigenvalue weighted by molar-refractivity contribution is -0.137. The Hall–Kier alpha value is -3.42. The second-order valence-electron chi connectivity index (χ2n) is 7.23. The van der Waals surface area contributed by atoms with E-state index in [0.29, 0.717) is 17.0 Å². The highest BCUT2D eigenvalue weighted by atomic mass is 19.4. The number of benzene rings is 2. The van der Waals surface area contributed by atoms with Gasteiger partial charge in [-0.25, -0.2) is 4.98 Å². The van der Waals surface area contributed by atoms with Crippen LogP contribution in [0.2, 0.25) is 0 Å². The van der Waals surface area contributed by atoms with Crippen molar-refractivity contribution in [2.24, 2.45) is 0 Å². The van der Waals surface area contributed by atoms with E-state index >= 15 is 0 Å². The summed E-state index contributed by atoms with van der Waals surface area (Å²) < 4.78 is 38.7. The normalized spacial score (nSPS) is 14.9. The van der Waals surface area contributed by atoms with E-state index in [0.717, 1.165) is 31.0 Å². The number of amides is 1. The Morgan fingerprint density at radius 2 is 1.67 bits per heavy atom. The van der Waals surface area contributed by atoms with Crippen LogP contribution in [-0.2, 0) is 6.18 Å². The molecule has 1 amide bonds. The highest BCUT2D eigenvalue weighted by molar-refractivity contribution is 5.92. The summed E-state index contributed by atoms with van der Waals surface area (Å²) in [5.74, 6) is 0.0699. The van der Waals surface area contributed by atoms with Crippen LogP contribution in [0.4, 0.5) is 13.2 Å². The average molecular weight is 413 g/mol. The van der Waals surface area contributed by atoms with E-state index in [-0.39, 0.29) is 11.6 Å². The first kappa shape index (κ1) is 19.9. The Balaban J connectivity index is 1.66. The van der Waals surface area contributed by atoms with Gasteiger partial charge in [0.1, 0.15) is 11.5 Å². The summed E-state index contributed by atoms with van der Waals surface area (Å²) in [4.78, 5) is 31.7. The van der Waals surface area contributed by atoms with Crippen LogP contribution in [0.5, 0.6) is 0 Å². The molecule has 1 heterocycles. The van der Waals surface area contributed by atoms with E-state index < -0.39 is 29.2 Å². The molecule has 8 heteroatoms. The summed E-state index contributed by atoms with van der Waals surface area (Å²) in [7, 11) is 0. The molecule has 2 N–H and O–H groups in total. The number of H-pyrrole nitrogens is 1. The van der Waals surface area contributed by atoms with E-state index in [9.17, 15) is 22.8 Å². The highest BCUT2D eigenvalue weighted by Crippen LogP contribution is 2.37. The number of nitrogens with one attached hydrogen (secondary N) is 2. The molecule has 30 heavy (non-hydrogen) atoms. The van der Waals surface area contributed by atoms with Crippen LogP contribution in [-0.4, -0.2) is 15.9 Å². The van der Waals surface area contributed by atoms with Crippen molar-refractivity contribution in [3.63, 3.8) is 0 Å². The third-order valence-electron chi connectivity index (χ3n) is 4.94. The number of carbonyl (C=O) groups is 1. The molecular weight excluding hydrogens is 395 g/mol. The fraction of sp³-hybridized carbons (Fsp3) is 0.227. The van der Waals surface area contributed by atoms with Crippen LogP contribution in [0.15, 0.2) is 65.5 Å². The minimum absolute atomic E-state index is 0.0199. The van der Waals surface area contributed by atoms with Gasteiger partial charge in [-0.2, -0.15) is 13.2 Å². The van der Waals surface area contributed by atoms with Crippen LogP contribution in [0, 0.1) is 0 Å². The summed E-state index contributed by atoms with van der Waals surface area (Å²) in [6.45, 7) is 0. The van der Waals surface area contributed by atoms with Gasteiger partial charge in [-0.1, -0.05) is 42.5 Å². The predicted molar refractivity (Wildman–Crippen MR) is 104 cm³/mol. The van der Waals surface area contributed by atoms with Crippen molar-refractivity contribution in [3.8, 4) is 0 Å². The van der Waals surface area contributed by atoms with Gasteiger partial charge in [0.2, 0.25) is 0 Å². The second-order valence-corrected chi connectivity index (χ2v) is 7.23. The van der Waals surface area contributed by atoms with Gasteiger partial charge in [-0.15, -0.1) is 0 Å². The van der Waals surface area contributed by atoms with E-state index in [1.807, 2.05) is 0 Å². The van der Waals surface area contributed by atoms with Crippen molar-refractivity contribution in [1.29, 1.82) is 0 Å². The SMILES string of the molecule is O=C(NC(c1ccccc1)c1ccc(C(F)(F)F)cc1)c1cc(=O)[nH]c(C2CC2)n1. The maximum Gasteiger partial charge on any atom is 0.416 e. The first-order valence-corrected chi connectivity index (χ1v) is 9.45. The molecule has 2 aromatic carbocycles. The largest absolute Gasteiger partial charge is 0.416 e. The molecule has 0 bridgehead atoms. The minimum Gasteiger partial charge on any atom is -0.340 e. The van der Waals surface area contributed by atoms with Gasteiger partial charge in [0, 0.05) is 12.0 Å². The zero-order chi connectivity index (χ0) is 21.3. The van der Waals surface area contributed by atoms with E-state index in [4.69, 9.17) is 0 Å². The molecular formula is C22H18F3N3O2. The molecule has 1 fully saturated rings. The van der Waals surface area contributed by atoms with Crippen molar-refractivity contribution in [2.75, 3.05) is 0 Å². The molecule has 1 aliphatic carbocycles. The van der Waals surface area contributed by atoms with Crippen LogP contribution in [0.1, 0.15) is 57.8 Å². The quantitative estimate of drug-likeness (QED) is 0.659. The fourth-order valence-corrected chi connectivity index (χ4v) is 3.22. The van der Waals surface area contributed by atoms with Crippen molar-refractivity contribution in [3.05, 3.63) is 99.2 Å². The Labute approximate surface area is 170 Å². The highest BCUT2D eigenvalue weighted by Gasteiger charge is 2.31. The first-order valence-electron chi connectivity index (χ1n) is 9.45. The summed E-state index contributed by atoms with van der Waals surface area (Å²) in [6.07, 6.45) is -2.63. The molecule has 5 nitrogen and oxygen atoms in total. The van der Waals surface area contributed by atoms with Crippen LogP contribution in [0.3, 0.4) is 0 Å². The lowest BCUT2D eigenvalue weighted by atomic mass is 9.97. The number of hydrogen-bond acceptors (Lipinski definition) is 3. The number of aromatic nitrogens is 2. The zero-order valence-corrected chi connectivity index (χ0v) is 15.7. The summed E-state index contributed by atoms with van der Waals surface area (Å²) >= 11 is 0. The van der Waals surface area contributed by atoms with Gasteiger partial charge in [0.05, 0.1) is 11.6 Å². The summed E-state index contributed by atoms with van der Waals surface area (Å²) in [5, 5.41) is 2.80. The first-order chi connectivity index (χ1) is 14.3. The molecule has 0 spiro atoms. The average Bonchev–Trinajstić information content (AvgIpc) is 3.57. The standard InChI is InChI=1S/C22H18F3N3O2/c23-22(24,25)16-10-8-14(9-11-16)19(13-4-2-1-3-5-13)28-21(30)17-12-18(29)27-20(26-17)15-6-7-15/h1-5,8-12,15,19H,6-7H2,(H,28,30)(H,26,27,29). The molecule has 3 aromatic rings. The topological polar surface area (TPSA) is 74.8 Å². The molecule has 1 saturated carbocycles. The zero-order valence-electron chi connectivity index (χ0n) is 15.7. The fourth-order valence-electron chi connectivity index (χ4n) is 3.22. The van der Waals surface area contributed by atoms with Crippen LogP contribution >= 0.6 is 0 Å². The Kier molecular flexibility index (Phi) is 5.15. The van der Waals surface area contributed by atoms with Gasteiger partial charge in [-0.3, -0.25) is 9.59 Å². The third kappa shape index (κ3) is 4.42. The Morgan fingerprint density at radius 3 is 2.27 bits per heavy atom. The van der Waals surface area contributed by atoms with Crippen molar-refractivity contribution in [1.82, 2.24) is 15.3 Å². The van der Waals surface area contributed by atoms with Gasteiger partial charge < -0.3 is 10.3 Å². The molecule has 154 valence electrons. The lowest BCUT2D eigenvalue weighted by Gasteiger charge is -2.20. The van der Waals surface area contributed by atoms with E-state index in [1.54, 1.807) is 30.3 Å². The monoisotopic (exact) mass is 413 g/mol. The Morgan fingerprint density at radius 1 is 1.03 bits per heavy atom. The number of aromatic amines is 1. The third-order valence-corrected chi connectivity index (χ3v) is 4.94. The van der Waals surface area contributed by atoms with Crippen molar-refractivity contribution in [2.45, 2.75) is 31.0 Å². The predicted octanol–water partition coefficient (Wildman–Crippen LogP) is 4.19. The molecule has 4 rings (SSSR count). The van der Waals surface area contributed by atoms with Crippen molar-refractivity contribution < 1.29 is 18.0 Å². The van der Waals surface area contributed by atoms with Crippen molar-refractivity contribution >= 4 is 5.91 Å². The number of nitrogens with zero attached hydrogens (tertiary/aromatic N) is 1. The van der Waals surface area contributed by atoms with Gasteiger partial charge in [0.25, 0.3) is 11.5 Å².